The SMILES string of the molecule is c1ccc(-c2ccccc2-c2ccc(N(c3ccc(-c4cc5ccccc5c5ccccc45)cc3)c3cccc(-c4cc5ccccc5c5cc(-c6cccc7c(-c8ccc(N(c9cccc(-c%10cc%11ccccc%11c%11ccccc%10%11)c9)c9ccc%10c(ccc%11ccccc%11%10)c9)cc8)cc8ccccc8c67)ccc45)c3)cc2)cc1. The van der Waals surface area contributed by atoms with Gasteiger partial charge in [-0.1, -0.05) is 334 Å². The standard InChI is InChI=1S/C112H72N2/c1-2-23-73(24-3-1)92-35-14-15-36-94(92)75-49-56-86(57-50-75)113(87-58-51-76(52-59-87)107-68-80-26-5-10-37-95(80)101-41-16-18-43-103(101)107)89-32-20-31-79(65-89)110-70-82-28-7-12-39-97(82)111-72-85(55-63-105(110)111)100-45-22-46-106-108(71-83-29-8-13-40-99(83)112(100)106)77-53-60-88(61-54-77)114(91-62-64-98-84(67-91)48-47-74-25-4-9-34-93(74)98)90-33-21-30-78(66-90)109-69-81-27-6-11-38-96(81)102-42-17-19-44-104(102)109/h1-72H. The normalized spacial score (nSPS) is 11.7. The molecule has 0 amide bonds. The molecule has 2 nitrogen and oxygen atoms in total. The maximum absolute atomic E-state index is 2.46. The van der Waals surface area contributed by atoms with Crippen LogP contribution in [0.25, 0.3) is 186 Å². The third kappa shape index (κ3) is 11.4. The van der Waals surface area contributed by atoms with Crippen molar-refractivity contribution in [3.05, 3.63) is 437 Å². The van der Waals surface area contributed by atoms with E-state index in [9.17, 15) is 0 Å². The first-order chi connectivity index (χ1) is 56.5. The van der Waals surface area contributed by atoms with E-state index in [0.717, 1.165) is 50.8 Å². The molecule has 0 unspecified atom stereocenters. The van der Waals surface area contributed by atoms with Crippen molar-refractivity contribution < 1.29 is 0 Å². The summed E-state index contributed by atoms with van der Waals surface area (Å²) in [6.45, 7) is 0. The van der Waals surface area contributed by atoms with Crippen molar-refractivity contribution in [2.75, 3.05) is 9.80 Å². The molecule has 0 radical (unpaired) electrons. The summed E-state index contributed by atoms with van der Waals surface area (Å²) in [4.78, 5) is 4.85. The average Bonchev–Trinajstić information content (AvgIpc) is 0.729. The molecule has 114 heavy (non-hydrogen) atoms. The second-order valence-corrected chi connectivity index (χ2v) is 30.2. The third-order valence-corrected chi connectivity index (χ3v) is 23.7. The summed E-state index contributed by atoms with van der Waals surface area (Å²) in [6.07, 6.45) is 0. The van der Waals surface area contributed by atoms with E-state index in [1.165, 1.54) is 169 Å². The van der Waals surface area contributed by atoms with Gasteiger partial charge in [0.05, 0.1) is 0 Å². The van der Waals surface area contributed by atoms with Crippen molar-refractivity contribution in [3.8, 4) is 77.9 Å². The third-order valence-electron chi connectivity index (χ3n) is 23.7. The molecule has 530 valence electrons. The Morgan fingerprint density at radius 3 is 0.939 bits per heavy atom. The maximum Gasteiger partial charge on any atom is 0.0468 e. The lowest BCUT2D eigenvalue weighted by Crippen LogP contribution is -2.10. The zero-order valence-electron chi connectivity index (χ0n) is 62.5. The van der Waals surface area contributed by atoms with Gasteiger partial charge in [0, 0.05) is 34.1 Å². The van der Waals surface area contributed by atoms with Crippen LogP contribution in [0.4, 0.5) is 34.1 Å². The lowest BCUT2D eigenvalue weighted by Gasteiger charge is -2.27. The van der Waals surface area contributed by atoms with E-state index in [1.807, 2.05) is 0 Å². The second kappa shape index (κ2) is 27.6. The Kier molecular flexibility index (Phi) is 16.0. The Morgan fingerprint density at radius 1 is 0.114 bits per heavy atom. The first-order valence-corrected chi connectivity index (χ1v) is 39.4. The van der Waals surface area contributed by atoms with Crippen molar-refractivity contribution in [2.45, 2.75) is 0 Å². The van der Waals surface area contributed by atoms with Gasteiger partial charge in [-0.25, -0.2) is 0 Å². The van der Waals surface area contributed by atoms with Gasteiger partial charge in [-0.2, -0.15) is 0 Å². The lowest BCUT2D eigenvalue weighted by molar-refractivity contribution is 1.28. The molecule has 22 aromatic rings. The summed E-state index contributed by atoms with van der Waals surface area (Å²) in [7, 11) is 0. The minimum Gasteiger partial charge on any atom is -0.310 e. The molecule has 0 heterocycles. The molecule has 0 N–H and O–H groups in total. The second-order valence-electron chi connectivity index (χ2n) is 30.2. The fraction of sp³-hybridized carbons (Fsp3) is 0. The first kappa shape index (κ1) is 66.1. The molecule has 0 aliphatic carbocycles. The molecule has 22 aromatic carbocycles. The van der Waals surface area contributed by atoms with Crippen LogP contribution in [-0.4, -0.2) is 0 Å². The van der Waals surface area contributed by atoms with Gasteiger partial charge >= 0.3 is 0 Å². The van der Waals surface area contributed by atoms with E-state index in [4.69, 9.17) is 0 Å². The number of anilines is 6. The number of hydrogen-bond acceptors (Lipinski definition) is 2. The summed E-state index contributed by atoms with van der Waals surface area (Å²) < 4.78 is 0. The summed E-state index contributed by atoms with van der Waals surface area (Å²) >= 11 is 0. The highest BCUT2D eigenvalue weighted by molar-refractivity contribution is 6.22. The quantitative estimate of drug-likeness (QED) is 0.106. The minimum absolute atomic E-state index is 1.06. The molecule has 22 rings (SSSR count). The molecule has 2 heteroatoms. The van der Waals surface area contributed by atoms with Gasteiger partial charge in [0.2, 0.25) is 0 Å². The molecule has 0 fully saturated rings. The predicted molar refractivity (Wildman–Crippen MR) is 489 cm³/mol. The van der Waals surface area contributed by atoms with Crippen LogP contribution in [0.3, 0.4) is 0 Å². The molecular formula is C112H72N2. The van der Waals surface area contributed by atoms with Crippen molar-refractivity contribution in [2.24, 2.45) is 0 Å². The van der Waals surface area contributed by atoms with Gasteiger partial charge in [0.25, 0.3) is 0 Å². The minimum atomic E-state index is 1.06. The van der Waals surface area contributed by atoms with Crippen molar-refractivity contribution >= 4 is 142 Å². The fourth-order valence-corrected chi connectivity index (χ4v) is 18.4. The number of benzene rings is 22. The highest BCUT2D eigenvalue weighted by Crippen LogP contribution is 2.49. The maximum atomic E-state index is 2.46. The first-order valence-electron chi connectivity index (χ1n) is 39.4. The van der Waals surface area contributed by atoms with Crippen LogP contribution in [0.2, 0.25) is 0 Å². The van der Waals surface area contributed by atoms with E-state index < -0.39 is 0 Å². The van der Waals surface area contributed by atoms with Gasteiger partial charge in [-0.3, -0.25) is 0 Å². The molecule has 0 bridgehead atoms. The number of hydrogen-bond donors (Lipinski definition) is 0. The number of rotatable bonds is 13. The number of fused-ring (bicyclic) bond motifs is 15. The van der Waals surface area contributed by atoms with E-state index in [2.05, 4.69) is 447 Å². The van der Waals surface area contributed by atoms with Gasteiger partial charge in [-0.15, -0.1) is 0 Å². The van der Waals surface area contributed by atoms with E-state index in [1.54, 1.807) is 0 Å². The Labute approximate surface area is 661 Å². The van der Waals surface area contributed by atoms with Crippen LogP contribution in [0, 0.1) is 0 Å². The van der Waals surface area contributed by atoms with Crippen LogP contribution in [0.5, 0.6) is 0 Å². The highest BCUT2D eigenvalue weighted by atomic mass is 15.1. The van der Waals surface area contributed by atoms with Crippen LogP contribution in [-0.2, 0) is 0 Å². The lowest BCUT2D eigenvalue weighted by atomic mass is 9.87. The monoisotopic (exact) mass is 1440 g/mol. The van der Waals surface area contributed by atoms with Crippen molar-refractivity contribution in [1.82, 2.24) is 0 Å². The smallest absolute Gasteiger partial charge is 0.0468 e. The molecule has 0 saturated carbocycles. The molecular weight excluding hydrogens is 1370 g/mol. The van der Waals surface area contributed by atoms with Gasteiger partial charge in [0.1, 0.15) is 0 Å². The largest absolute Gasteiger partial charge is 0.310 e. The Morgan fingerprint density at radius 2 is 0.404 bits per heavy atom. The topological polar surface area (TPSA) is 6.48 Å². The van der Waals surface area contributed by atoms with E-state index in [0.29, 0.717) is 0 Å². The van der Waals surface area contributed by atoms with Crippen LogP contribution < -0.4 is 9.80 Å². The Hall–Kier alpha value is -15.0. The summed E-state index contributed by atoms with van der Waals surface area (Å²) in [6, 6.07) is 162. The van der Waals surface area contributed by atoms with E-state index >= 15 is 0 Å². The Balaban J connectivity index is 0.651. The fourth-order valence-electron chi connectivity index (χ4n) is 18.4. The van der Waals surface area contributed by atoms with Crippen molar-refractivity contribution in [1.29, 1.82) is 0 Å². The van der Waals surface area contributed by atoms with E-state index in [-0.39, 0.29) is 0 Å². The molecule has 0 aliphatic heterocycles. The summed E-state index contributed by atoms with van der Waals surface area (Å²) in [5.41, 5.74) is 23.0. The summed E-state index contributed by atoms with van der Waals surface area (Å²) in [5.74, 6) is 0. The van der Waals surface area contributed by atoms with Gasteiger partial charge in [0.15, 0.2) is 0 Å². The van der Waals surface area contributed by atoms with Gasteiger partial charge in [-0.05, 0) is 289 Å². The molecule has 0 aromatic heterocycles. The Bertz CT molecular complexity index is 7590. The predicted octanol–water partition coefficient (Wildman–Crippen LogP) is 31.8. The van der Waals surface area contributed by atoms with Crippen LogP contribution >= 0.6 is 0 Å². The molecule has 0 saturated heterocycles. The summed E-state index contributed by atoms with van der Waals surface area (Å²) in [5, 5.41) is 24.6. The molecule has 0 atom stereocenters. The van der Waals surface area contributed by atoms with Crippen LogP contribution in [0.15, 0.2) is 437 Å². The zero-order valence-corrected chi connectivity index (χ0v) is 62.5. The molecule has 0 aliphatic rings. The average molecular weight is 1450 g/mol. The van der Waals surface area contributed by atoms with Gasteiger partial charge < -0.3 is 9.80 Å². The number of nitrogens with zero attached hydrogens (tertiary/aromatic N) is 2. The van der Waals surface area contributed by atoms with Crippen LogP contribution in [0.1, 0.15) is 0 Å². The van der Waals surface area contributed by atoms with Crippen molar-refractivity contribution in [3.63, 3.8) is 0 Å². The molecule has 0 spiro atoms. The zero-order chi connectivity index (χ0) is 75.2. The highest BCUT2D eigenvalue weighted by Gasteiger charge is 2.23.